The van der Waals surface area contributed by atoms with Crippen LogP contribution in [0.25, 0.3) is 22.4 Å². The second-order valence-corrected chi connectivity index (χ2v) is 6.23. The maximum Gasteiger partial charge on any atom is 0.338 e. The van der Waals surface area contributed by atoms with Gasteiger partial charge in [0, 0.05) is 5.56 Å². The molecule has 0 saturated carbocycles. The summed E-state index contributed by atoms with van der Waals surface area (Å²) >= 11 is 0. The summed E-state index contributed by atoms with van der Waals surface area (Å²) in [6, 6.07) is 13.8. The number of hydrogen-bond donors (Lipinski definition) is 1. The highest BCUT2D eigenvalue weighted by atomic mass is 16.5. The number of benzene rings is 2. The molecule has 0 amide bonds. The summed E-state index contributed by atoms with van der Waals surface area (Å²) in [6.07, 6.45) is 0.814. The molecule has 0 aliphatic rings. The van der Waals surface area contributed by atoms with Crippen molar-refractivity contribution in [3.05, 3.63) is 53.6 Å². The normalized spacial score (nSPS) is 11.2. The van der Waals surface area contributed by atoms with Crippen LogP contribution in [-0.4, -0.2) is 22.5 Å². The number of aromatic nitrogens is 2. The first-order valence-electron chi connectivity index (χ1n) is 8.35. The van der Waals surface area contributed by atoms with E-state index >= 15 is 0 Å². The number of hydrogen-bond acceptors (Lipinski definition) is 3. The van der Waals surface area contributed by atoms with Gasteiger partial charge >= 0.3 is 5.97 Å². The first kappa shape index (κ1) is 16.2. The van der Waals surface area contributed by atoms with Crippen molar-refractivity contribution in [1.29, 1.82) is 0 Å². The molecule has 2 aromatic carbocycles. The van der Waals surface area contributed by atoms with Crippen LogP contribution in [0.2, 0.25) is 0 Å². The number of carbonyl (C=O) groups excluding carboxylic acids is 1. The van der Waals surface area contributed by atoms with Gasteiger partial charge in [-0.1, -0.05) is 45.0 Å². The lowest BCUT2D eigenvalue weighted by atomic mass is 10.0. The number of ether oxygens (including phenoxy) is 1. The van der Waals surface area contributed by atoms with Crippen LogP contribution in [0.1, 0.15) is 49.0 Å². The zero-order valence-corrected chi connectivity index (χ0v) is 14.3. The average Bonchev–Trinajstić information content (AvgIpc) is 3.02. The minimum Gasteiger partial charge on any atom is -0.462 e. The topological polar surface area (TPSA) is 55.0 Å². The van der Waals surface area contributed by atoms with E-state index < -0.39 is 0 Å². The maximum absolute atomic E-state index is 12.0. The van der Waals surface area contributed by atoms with Crippen LogP contribution in [0.15, 0.2) is 42.5 Å². The largest absolute Gasteiger partial charge is 0.462 e. The molecule has 3 aromatic rings. The maximum atomic E-state index is 12.0. The molecule has 0 aliphatic carbocycles. The quantitative estimate of drug-likeness (QED) is 0.678. The van der Waals surface area contributed by atoms with E-state index in [0.29, 0.717) is 18.1 Å². The monoisotopic (exact) mass is 322 g/mol. The fraction of sp³-hybridized carbons (Fsp3) is 0.300. The van der Waals surface area contributed by atoms with E-state index in [1.165, 1.54) is 5.56 Å². The van der Waals surface area contributed by atoms with Crippen LogP contribution >= 0.6 is 0 Å². The number of esters is 1. The van der Waals surface area contributed by atoms with E-state index in [4.69, 9.17) is 4.74 Å². The third kappa shape index (κ3) is 3.32. The molecule has 3 rings (SSSR count). The van der Waals surface area contributed by atoms with Gasteiger partial charge in [0.2, 0.25) is 0 Å². The van der Waals surface area contributed by atoms with Gasteiger partial charge in [-0.05, 0) is 36.1 Å². The summed E-state index contributed by atoms with van der Waals surface area (Å²) in [7, 11) is 0. The molecule has 4 heteroatoms. The number of nitrogens with one attached hydrogen (secondary N) is 1. The minimum absolute atomic E-state index is 0.295. The standard InChI is InChI=1S/C20H22N2O2/c1-4-11-24-20(23)16-9-10-17-18(12-16)22-19(21-17)15-7-5-14(6-8-15)13(2)3/h5-10,12-13H,4,11H2,1-3H3,(H,21,22). The van der Waals surface area contributed by atoms with Crippen LogP contribution in [0, 0.1) is 0 Å². The molecule has 0 bridgehead atoms. The molecule has 1 heterocycles. The van der Waals surface area contributed by atoms with Gasteiger partial charge in [-0.3, -0.25) is 0 Å². The van der Waals surface area contributed by atoms with Crippen LogP contribution < -0.4 is 0 Å². The van der Waals surface area contributed by atoms with Gasteiger partial charge in [0.1, 0.15) is 5.82 Å². The Balaban J connectivity index is 1.89. The van der Waals surface area contributed by atoms with Crippen molar-refractivity contribution in [3.63, 3.8) is 0 Å². The lowest BCUT2D eigenvalue weighted by Gasteiger charge is -2.05. The third-order valence-electron chi connectivity index (χ3n) is 4.01. The van der Waals surface area contributed by atoms with Crippen molar-refractivity contribution < 1.29 is 9.53 Å². The molecule has 0 aliphatic heterocycles. The molecule has 24 heavy (non-hydrogen) atoms. The van der Waals surface area contributed by atoms with Crippen LogP contribution in [0.3, 0.4) is 0 Å². The first-order valence-corrected chi connectivity index (χ1v) is 8.35. The smallest absolute Gasteiger partial charge is 0.338 e. The van der Waals surface area contributed by atoms with Crippen LogP contribution in [0.5, 0.6) is 0 Å². The van der Waals surface area contributed by atoms with E-state index in [1.54, 1.807) is 12.1 Å². The lowest BCUT2D eigenvalue weighted by Crippen LogP contribution is -2.05. The lowest BCUT2D eigenvalue weighted by molar-refractivity contribution is 0.0505. The second-order valence-electron chi connectivity index (χ2n) is 6.23. The molecule has 0 fully saturated rings. The Labute approximate surface area is 141 Å². The SMILES string of the molecule is CCCOC(=O)c1ccc2nc(-c3ccc(C(C)C)cc3)[nH]c2c1. The highest BCUT2D eigenvalue weighted by Gasteiger charge is 2.11. The van der Waals surface area contributed by atoms with Crippen molar-refractivity contribution in [1.82, 2.24) is 9.97 Å². The highest BCUT2D eigenvalue weighted by Crippen LogP contribution is 2.23. The molecule has 1 N–H and O–H groups in total. The van der Waals surface area contributed by atoms with Gasteiger partial charge in [-0.2, -0.15) is 0 Å². The summed E-state index contributed by atoms with van der Waals surface area (Å²) in [5.74, 6) is 1.02. The number of rotatable bonds is 5. The zero-order valence-electron chi connectivity index (χ0n) is 14.3. The Hall–Kier alpha value is -2.62. The predicted molar refractivity (Wildman–Crippen MR) is 96.2 cm³/mol. The Morgan fingerprint density at radius 3 is 2.58 bits per heavy atom. The Morgan fingerprint density at radius 1 is 1.17 bits per heavy atom. The molecule has 0 atom stereocenters. The molecule has 0 saturated heterocycles. The number of aromatic amines is 1. The van der Waals surface area contributed by atoms with Crippen molar-refractivity contribution >= 4 is 17.0 Å². The molecular formula is C20H22N2O2. The Kier molecular flexibility index (Phi) is 4.65. The summed E-state index contributed by atoms with van der Waals surface area (Å²) in [5, 5.41) is 0. The van der Waals surface area contributed by atoms with Crippen molar-refractivity contribution in [2.45, 2.75) is 33.1 Å². The number of nitrogens with zero attached hydrogens (tertiary/aromatic N) is 1. The fourth-order valence-electron chi connectivity index (χ4n) is 2.58. The first-order chi connectivity index (χ1) is 11.6. The summed E-state index contributed by atoms with van der Waals surface area (Å²) in [5.41, 5.74) is 4.55. The Bertz CT molecular complexity index is 848. The van der Waals surface area contributed by atoms with Gasteiger partial charge in [0.05, 0.1) is 23.2 Å². The zero-order chi connectivity index (χ0) is 17.1. The van der Waals surface area contributed by atoms with E-state index in [9.17, 15) is 4.79 Å². The third-order valence-corrected chi connectivity index (χ3v) is 4.01. The van der Waals surface area contributed by atoms with E-state index in [0.717, 1.165) is 28.8 Å². The molecule has 124 valence electrons. The Morgan fingerprint density at radius 2 is 1.92 bits per heavy atom. The minimum atomic E-state index is -0.295. The van der Waals surface area contributed by atoms with Crippen molar-refractivity contribution in [2.75, 3.05) is 6.61 Å². The number of H-pyrrole nitrogens is 1. The summed E-state index contributed by atoms with van der Waals surface area (Å²) < 4.78 is 5.18. The fourth-order valence-corrected chi connectivity index (χ4v) is 2.58. The van der Waals surface area contributed by atoms with Gasteiger partial charge in [-0.25, -0.2) is 9.78 Å². The summed E-state index contributed by atoms with van der Waals surface area (Å²) in [4.78, 5) is 19.9. The molecule has 0 radical (unpaired) electrons. The molecule has 0 spiro atoms. The average molecular weight is 322 g/mol. The van der Waals surface area contributed by atoms with Crippen LogP contribution in [0.4, 0.5) is 0 Å². The number of carbonyl (C=O) groups is 1. The predicted octanol–water partition coefficient (Wildman–Crippen LogP) is 4.92. The van der Waals surface area contributed by atoms with Gasteiger partial charge in [0.25, 0.3) is 0 Å². The number of imidazole rings is 1. The summed E-state index contributed by atoms with van der Waals surface area (Å²) in [6.45, 7) is 6.76. The second kappa shape index (κ2) is 6.87. The van der Waals surface area contributed by atoms with E-state index in [-0.39, 0.29) is 5.97 Å². The molecule has 4 nitrogen and oxygen atoms in total. The van der Waals surface area contributed by atoms with E-state index in [1.807, 2.05) is 13.0 Å². The van der Waals surface area contributed by atoms with Gasteiger partial charge in [-0.15, -0.1) is 0 Å². The van der Waals surface area contributed by atoms with Gasteiger partial charge in [0.15, 0.2) is 0 Å². The van der Waals surface area contributed by atoms with Crippen LogP contribution in [-0.2, 0) is 4.74 Å². The van der Waals surface area contributed by atoms with Crippen molar-refractivity contribution in [3.8, 4) is 11.4 Å². The van der Waals surface area contributed by atoms with E-state index in [2.05, 4.69) is 48.1 Å². The number of fused-ring (bicyclic) bond motifs is 1. The molecule has 0 unspecified atom stereocenters. The highest BCUT2D eigenvalue weighted by molar-refractivity contribution is 5.94. The van der Waals surface area contributed by atoms with Gasteiger partial charge < -0.3 is 9.72 Å². The molecular weight excluding hydrogens is 300 g/mol. The molecule has 1 aromatic heterocycles. The van der Waals surface area contributed by atoms with Crippen molar-refractivity contribution in [2.24, 2.45) is 0 Å².